The second-order valence-electron chi connectivity index (χ2n) is 17.4. The number of carbonyl (C=O) groups excluding carboxylic acids is 3. The number of rotatable bonds is 47. The Bertz CT molecular complexity index is 1070. The number of esters is 3. The summed E-state index contributed by atoms with van der Waals surface area (Å²) in [6.45, 7) is 6.52. The van der Waals surface area contributed by atoms with Crippen LogP contribution >= 0.6 is 0 Å². The van der Waals surface area contributed by atoms with Gasteiger partial charge in [-0.05, 0) is 57.8 Å². The van der Waals surface area contributed by atoms with E-state index < -0.39 is 6.10 Å². The second-order valence-corrected chi connectivity index (χ2v) is 17.4. The van der Waals surface area contributed by atoms with Gasteiger partial charge in [0.25, 0.3) is 0 Å². The van der Waals surface area contributed by atoms with E-state index in [1.807, 2.05) is 0 Å². The zero-order valence-electron chi connectivity index (χ0n) is 40.4. The summed E-state index contributed by atoms with van der Waals surface area (Å²) in [6.07, 6.45) is 59.5. The summed E-state index contributed by atoms with van der Waals surface area (Å²) < 4.78 is 16.8. The fraction of sp³-hybridized carbons (Fsp3) is 0.800. The fourth-order valence-corrected chi connectivity index (χ4v) is 7.43. The molecule has 354 valence electrons. The zero-order chi connectivity index (χ0) is 44.4. The molecule has 6 heteroatoms. The first-order valence-electron chi connectivity index (χ1n) is 26.1. The zero-order valence-corrected chi connectivity index (χ0v) is 40.4. The average Bonchev–Trinajstić information content (AvgIpc) is 3.26. The van der Waals surface area contributed by atoms with Gasteiger partial charge < -0.3 is 14.2 Å². The van der Waals surface area contributed by atoms with Crippen LogP contribution in [-0.2, 0) is 28.6 Å². The van der Waals surface area contributed by atoms with Crippen molar-refractivity contribution in [3.05, 3.63) is 48.6 Å². The van der Waals surface area contributed by atoms with Gasteiger partial charge in [0.15, 0.2) is 6.10 Å². The lowest BCUT2D eigenvalue weighted by atomic mass is 10.0. The first kappa shape index (κ1) is 58.4. The van der Waals surface area contributed by atoms with E-state index in [-0.39, 0.29) is 31.1 Å². The van der Waals surface area contributed by atoms with Gasteiger partial charge >= 0.3 is 17.9 Å². The van der Waals surface area contributed by atoms with E-state index in [1.54, 1.807) is 0 Å². The van der Waals surface area contributed by atoms with Gasteiger partial charge in [-0.25, -0.2) is 0 Å². The quantitative estimate of drug-likeness (QED) is 0.0263. The van der Waals surface area contributed by atoms with Gasteiger partial charge in [0, 0.05) is 19.3 Å². The first-order chi connectivity index (χ1) is 30.0. The van der Waals surface area contributed by atoms with Crippen LogP contribution in [0.1, 0.15) is 265 Å². The molecule has 0 aromatic carbocycles. The normalized spacial score (nSPS) is 12.4. The molecule has 0 heterocycles. The van der Waals surface area contributed by atoms with Crippen LogP contribution in [0.3, 0.4) is 0 Å². The van der Waals surface area contributed by atoms with Crippen LogP contribution in [0.25, 0.3) is 0 Å². The van der Waals surface area contributed by atoms with E-state index in [9.17, 15) is 14.4 Å². The number of hydrogen-bond donors (Lipinski definition) is 0. The van der Waals surface area contributed by atoms with Crippen LogP contribution in [-0.4, -0.2) is 37.2 Å². The number of allylic oxidation sites excluding steroid dienone is 8. The molecular weight excluding hydrogens is 757 g/mol. The Balaban J connectivity index is 4.38. The maximum atomic E-state index is 12.8. The topological polar surface area (TPSA) is 78.9 Å². The Morgan fingerprint density at radius 2 is 0.639 bits per heavy atom. The molecule has 0 N–H and O–H groups in total. The van der Waals surface area contributed by atoms with E-state index in [1.165, 1.54) is 128 Å². The lowest BCUT2D eigenvalue weighted by Crippen LogP contribution is -2.30. The van der Waals surface area contributed by atoms with Crippen molar-refractivity contribution in [1.29, 1.82) is 0 Å². The maximum Gasteiger partial charge on any atom is 0.306 e. The predicted octanol–water partition coefficient (Wildman–Crippen LogP) is 17.1. The van der Waals surface area contributed by atoms with Crippen molar-refractivity contribution >= 4 is 17.9 Å². The van der Waals surface area contributed by atoms with Gasteiger partial charge in [-0.1, -0.05) is 236 Å². The summed E-state index contributed by atoms with van der Waals surface area (Å²) in [5.41, 5.74) is 0. The average molecular weight is 855 g/mol. The molecule has 0 aromatic heterocycles. The van der Waals surface area contributed by atoms with E-state index in [0.717, 1.165) is 96.3 Å². The fourth-order valence-electron chi connectivity index (χ4n) is 7.43. The highest BCUT2D eigenvalue weighted by molar-refractivity contribution is 5.71. The standard InChI is InChI=1S/C55H98O6/c1-4-7-10-13-16-19-22-24-26-27-29-30-33-36-39-42-45-48-54(57)60-51-52(50-59-53(56)47-44-41-38-35-32-21-18-15-12-9-6-3)61-55(58)49-46-43-40-37-34-31-28-25-23-20-17-14-11-8-5-2/h7,10,16,19,24,26,29-30,52H,4-6,8-9,11-15,17-18,20-23,25,27-28,31-51H2,1-3H3/b10-7-,19-16-,26-24-,30-29-/t52-/m0/s1. The van der Waals surface area contributed by atoms with Gasteiger partial charge in [-0.2, -0.15) is 0 Å². The summed E-state index contributed by atoms with van der Waals surface area (Å²) in [7, 11) is 0. The van der Waals surface area contributed by atoms with Gasteiger partial charge in [0.2, 0.25) is 0 Å². The third-order valence-corrected chi connectivity index (χ3v) is 11.3. The molecule has 6 nitrogen and oxygen atoms in total. The minimum Gasteiger partial charge on any atom is -0.462 e. The van der Waals surface area contributed by atoms with Crippen LogP contribution in [0.15, 0.2) is 48.6 Å². The van der Waals surface area contributed by atoms with Crippen LogP contribution < -0.4 is 0 Å². The molecule has 0 saturated carbocycles. The number of hydrogen-bond acceptors (Lipinski definition) is 6. The molecule has 0 fully saturated rings. The van der Waals surface area contributed by atoms with Crippen LogP contribution in [0.2, 0.25) is 0 Å². The van der Waals surface area contributed by atoms with Crippen molar-refractivity contribution in [2.75, 3.05) is 13.2 Å². The maximum absolute atomic E-state index is 12.8. The lowest BCUT2D eigenvalue weighted by Gasteiger charge is -2.18. The second kappa shape index (κ2) is 50.0. The minimum absolute atomic E-state index is 0.0773. The molecule has 61 heavy (non-hydrogen) atoms. The van der Waals surface area contributed by atoms with E-state index >= 15 is 0 Å². The van der Waals surface area contributed by atoms with Crippen LogP contribution in [0.4, 0.5) is 0 Å². The van der Waals surface area contributed by atoms with Crippen molar-refractivity contribution in [1.82, 2.24) is 0 Å². The third-order valence-electron chi connectivity index (χ3n) is 11.3. The van der Waals surface area contributed by atoms with Crippen LogP contribution in [0.5, 0.6) is 0 Å². The third kappa shape index (κ3) is 48.3. The molecule has 0 aromatic rings. The molecule has 0 radical (unpaired) electrons. The molecule has 0 spiro atoms. The summed E-state index contributed by atoms with van der Waals surface area (Å²) >= 11 is 0. The van der Waals surface area contributed by atoms with Crippen molar-refractivity contribution in [2.24, 2.45) is 0 Å². The number of ether oxygens (including phenoxy) is 3. The molecule has 0 bridgehead atoms. The Labute approximate surface area is 378 Å². The molecule has 1 atom stereocenters. The Morgan fingerprint density at radius 3 is 1.00 bits per heavy atom. The van der Waals surface area contributed by atoms with Crippen molar-refractivity contribution in [3.8, 4) is 0 Å². The molecule has 0 aliphatic heterocycles. The highest BCUT2D eigenvalue weighted by atomic mass is 16.6. The Morgan fingerprint density at radius 1 is 0.344 bits per heavy atom. The monoisotopic (exact) mass is 855 g/mol. The van der Waals surface area contributed by atoms with Gasteiger partial charge in [0.05, 0.1) is 0 Å². The SMILES string of the molecule is CC/C=C\C/C=C\C/C=C\C/C=C\CCCCCCC(=O)OC[C@H](COC(=O)CCCCCCCCCCCCC)OC(=O)CCCCCCCCCCCCCCCCC. The highest BCUT2D eigenvalue weighted by Crippen LogP contribution is 2.16. The summed E-state index contributed by atoms with van der Waals surface area (Å²) in [4.78, 5) is 37.9. The number of carbonyl (C=O) groups is 3. The van der Waals surface area contributed by atoms with Crippen molar-refractivity contribution < 1.29 is 28.6 Å². The van der Waals surface area contributed by atoms with E-state index in [2.05, 4.69) is 69.4 Å². The number of unbranched alkanes of at least 4 members (excludes halogenated alkanes) is 28. The highest BCUT2D eigenvalue weighted by Gasteiger charge is 2.19. The molecular formula is C55H98O6. The lowest BCUT2D eigenvalue weighted by molar-refractivity contribution is -0.167. The molecule has 0 aliphatic carbocycles. The predicted molar refractivity (Wildman–Crippen MR) is 261 cm³/mol. The van der Waals surface area contributed by atoms with Gasteiger partial charge in [-0.3, -0.25) is 14.4 Å². The first-order valence-corrected chi connectivity index (χ1v) is 26.1. The Kier molecular flexibility index (Phi) is 47.9. The smallest absolute Gasteiger partial charge is 0.306 e. The van der Waals surface area contributed by atoms with Gasteiger partial charge in [0.1, 0.15) is 13.2 Å². The van der Waals surface area contributed by atoms with Crippen molar-refractivity contribution in [3.63, 3.8) is 0 Å². The van der Waals surface area contributed by atoms with Crippen LogP contribution in [0, 0.1) is 0 Å². The molecule has 0 rings (SSSR count). The molecule has 0 aliphatic rings. The Hall–Kier alpha value is -2.63. The largest absolute Gasteiger partial charge is 0.462 e. The molecule has 0 saturated heterocycles. The summed E-state index contributed by atoms with van der Waals surface area (Å²) in [6, 6.07) is 0. The minimum atomic E-state index is -0.778. The van der Waals surface area contributed by atoms with Gasteiger partial charge in [-0.15, -0.1) is 0 Å². The molecule has 0 unspecified atom stereocenters. The molecule has 0 amide bonds. The van der Waals surface area contributed by atoms with Crippen molar-refractivity contribution in [2.45, 2.75) is 271 Å². The summed E-state index contributed by atoms with van der Waals surface area (Å²) in [5, 5.41) is 0. The van der Waals surface area contributed by atoms with E-state index in [0.29, 0.717) is 19.3 Å². The van der Waals surface area contributed by atoms with E-state index in [4.69, 9.17) is 14.2 Å². The summed E-state index contributed by atoms with van der Waals surface area (Å²) in [5.74, 6) is -0.893.